The Bertz CT molecular complexity index is 624. The first-order chi connectivity index (χ1) is 10.3. The van der Waals surface area contributed by atoms with Gasteiger partial charge in [0.2, 0.25) is 0 Å². The van der Waals surface area contributed by atoms with Crippen molar-refractivity contribution in [1.82, 2.24) is 0 Å². The zero-order chi connectivity index (χ0) is 16.5. The van der Waals surface area contributed by atoms with Crippen LogP contribution in [0.2, 0.25) is 0 Å². The molecule has 1 heterocycles. The molecule has 3 nitrogen and oxygen atoms in total. The second-order valence-corrected chi connectivity index (χ2v) is 6.61. The fraction of sp³-hybridized carbons (Fsp3) is 0.526. The molecule has 1 aromatic carbocycles. The summed E-state index contributed by atoms with van der Waals surface area (Å²) in [6, 6.07) is 0. The number of carbonyl (C=O) groups excluding carboxylic acids is 1. The molecule has 1 aromatic rings. The van der Waals surface area contributed by atoms with Gasteiger partial charge in [0.05, 0.1) is 5.76 Å². The molecule has 0 atom stereocenters. The van der Waals surface area contributed by atoms with Crippen LogP contribution in [0.5, 0.6) is 11.5 Å². The van der Waals surface area contributed by atoms with Gasteiger partial charge in [-0.15, -0.1) is 0 Å². The second kappa shape index (κ2) is 6.15. The molecule has 0 saturated heterocycles. The minimum absolute atomic E-state index is 0.205. The van der Waals surface area contributed by atoms with Crippen molar-refractivity contribution in [2.75, 3.05) is 0 Å². The molecule has 1 aliphatic rings. The monoisotopic (exact) mass is 302 g/mol. The van der Waals surface area contributed by atoms with Crippen LogP contribution in [0.4, 0.5) is 0 Å². The maximum Gasteiger partial charge on any atom is 0.133 e. The Balaban J connectivity index is 2.60. The quantitative estimate of drug-likeness (QED) is 0.595. The first-order valence-corrected chi connectivity index (χ1v) is 7.89. The van der Waals surface area contributed by atoms with Crippen LogP contribution in [0.15, 0.2) is 11.8 Å². The molecular formula is C19H26O3. The fourth-order valence-corrected chi connectivity index (χ4v) is 3.03. The van der Waals surface area contributed by atoms with Gasteiger partial charge in [-0.2, -0.15) is 0 Å². The highest BCUT2D eigenvalue weighted by atomic mass is 16.5. The minimum Gasteiger partial charge on any atom is -0.487 e. The summed E-state index contributed by atoms with van der Waals surface area (Å²) in [6.45, 7) is 12.3. The Morgan fingerprint density at radius 1 is 1.32 bits per heavy atom. The van der Waals surface area contributed by atoms with E-state index in [1.165, 1.54) is 5.56 Å². The molecule has 0 aromatic heterocycles. The van der Waals surface area contributed by atoms with Crippen molar-refractivity contribution in [3.8, 4) is 11.5 Å². The molecule has 0 radical (unpaired) electrons. The summed E-state index contributed by atoms with van der Waals surface area (Å²) in [5.41, 5.74) is 4.35. The third-order valence-electron chi connectivity index (χ3n) is 4.30. The van der Waals surface area contributed by atoms with Gasteiger partial charge in [0.1, 0.15) is 23.4 Å². The van der Waals surface area contributed by atoms with Gasteiger partial charge in [0, 0.05) is 24.0 Å². The highest BCUT2D eigenvalue weighted by Gasteiger charge is 2.35. The van der Waals surface area contributed by atoms with Crippen molar-refractivity contribution in [2.45, 2.75) is 66.4 Å². The van der Waals surface area contributed by atoms with E-state index in [0.29, 0.717) is 12.8 Å². The third kappa shape index (κ3) is 3.03. The zero-order valence-electron chi connectivity index (χ0n) is 14.5. The predicted octanol–water partition coefficient (Wildman–Crippen LogP) is 4.45. The highest BCUT2D eigenvalue weighted by Crippen LogP contribution is 2.46. The molecule has 0 fully saturated rings. The number of ether oxygens (including phenoxy) is 2. The zero-order valence-corrected chi connectivity index (χ0v) is 14.5. The van der Waals surface area contributed by atoms with E-state index in [1.807, 2.05) is 19.9 Å². The molecule has 3 heteroatoms. The van der Waals surface area contributed by atoms with Crippen LogP contribution >= 0.6 is 0 Å². The number of fused-ring (bicyclic) bond motifs is 1. The predicted molar refractivity (Wildman–Crippen MR) is 88.8 cm³/mol. The molecule has 120 valence electrons. The average molecular weight is 302 g/mol. The second-order valence-electron chi connectivity index (χ2n) is 6.61. The molecule has 0 saturated carbocycles. The normalized spacial score (nSPS) is 16.2. The van der Waals surface area contributed by atoms with E-state index < -0.39 is 0 Å². The highest BCUT2D eigenvalue weighted by molar-refractivity contribution is 5.62. The van der Waals surface area contributed by atoms with Crippen LogP contribution in [-0.2, 0) is 17.6 Å². The smallest absolute Gasteiger partial charge is 0.133 e. The van der Waals surface area contributed by atoms with Gasteiger partial charge in [0.15, 0.2) is 0 Å². The van der Waals surface area contributed by atoms with Crippen LogP contribution in [0.25, 0.3) is 0 Å². The lowest BCUT2D eigenvalue weighted by Crippen LogP contribution is -2.25. The Kier molecular flexibility index (Phi) is 4.64. The topological polar surface area (TPSA) is 35.5 Å². The van der Waals surface area contributed by atoms with Gasteiger partial charge in [-0.3, -0.25) is 0 Å². The molecule has 0 bridgehead atoms. The minimum atomic E-state index is -0.205. The van der Waals surface area contributed by atoms with E-state index in [9.17, 15) is 4.79 Å². The first-order valence-electron chi connectivity index (χ1n) is 7.89. The lowest BCUT2D eigenvalue weighted by Gasteiger charge is -2.20. The van der Waals surface area contributed by atoms with Crippen LogP contribution in [0.3, 0.4) is 0 Å². The van der Waals surface area contributed by atoms with E-state index in [-0.39, 0.29) is 5.60 Å². The van der Waals surface area contributed by atoms with Gasteiger partial charge >= 0.3 is 0 Å². The SMILES string of the molecule is CC=C(C)Oc1c(C)c(CCC=O)c2c(c1C)CC(C)(C)O2. The van der Waals surface area contributed by atoms with Crippen molar-refractivity contribution >= 4 is 6.29 Å². The Hall–Kier alpha value is -1.77. The Morgan fingerprint density at radius 2 is 2.00 bits per heavy atom. The van der Waals surface area contributed by atoms with Crippen molar-refractivity contribution in [3.05, 3.63) is 34.1 Å². The number of benzene rings is 1. The molecule has 0 aliphatic carbocycles. The molecule has 1 aliphatic heterocycles. The molecule has 0 unspecified atom stereocenters. The lowest BCUT2D eigenvalue weighted by molar-refractivity contribution is -0.107. The van der Waals surface area contributed by atoms with Crippen molar-refractivity contribution in [3.63, 3.8) is 0 Å². The molecular weight excluding hydrogens is 276 g/mol. The van der Waals surface area contributed by atoms with Gasteiger partial charge in [-0.25, -0.2) is 0 Å². The summed E-state index contributed by atoms with van der Waals surface area (Å²) >= 11 is 0. The molecule has 0 amide bonds. The number of rotatable bonds is 5. The standard InChI is InChI=1S/C19H26O3/c1-7-12(2)21-17-13(3)15(9-8-10-20)18-16(14(17)4)11-19(5,6)22-18/h7,10H,8-9,11H2,1-6H3. The summed E-state index contributed by atoms with van der Waals surface area (Å²) < 4.78 is 12.2. The molecule has 2 rings (SSSR count). The van der Waals surface area contributed by atoms with E-state index in [0.717, 1.165) is 46.7 Å². The number of aldehydes is 1. The van der Waals surface area contributed by atoms with Crippen LogP contribution < -0.4 is 9.47 Å². The summed E-state index contributed by atoms with van der Waals surface area (Å²) in [6.07, 6.45) is 4.98. The van der Waals surface area contributed by atoms with Crippen LogP contribution in [0, 0.1) is 13.8 Å². The number of carbonyl (C=O) groups is 1. The van der Waals surface area contributed by atoms with Gasteiger partial charge in [0.25, 0.3) is 0 Å². The van der Waals surface area contributed by atoms with E-state index in [1.54, 1.807) is 0 Å². The molecule has 0 N–H and O–H groups in total. The maximum atomic E-state index is 10.8. The summed E-state index contributed by atoms with van der Waals surface area (Å²) in [5, 5.41) is 0. The Morgan fingerprint density at radius 3 is 2.59 bits per heavy atom. The number of hydrogen-bond acceptors (Lipinski definition) is 3. The first kappa shape index (κ1) is 16.6. The maximum absolute atomic E-state index is 10.8. The molecule has 22 heavy (non-hydrogen) atoms. The Labute approximate surface area is 133 Å². The number of allylic oxidation sites excluding steroid dienone is 2. The summed E-state index contributed by atoms with van der Waals surface area (Å²) in [5.74, 6) is 2.76. The van der Waals surface area contributed by atoms with Crippen molar-refractivity contribution < 1.29 is 14.3 Å². The van der Waals surface area contributed by atoms with Crippen molar-refractivity contribution in [1.29, 1.82) is 0 Å². The summed E-state index contributed by atoms with van der Waals surface area (Å²) in [4.78, 5) is 10.8. The lowest BCUT2D eigenvalue weighted by atomic mass is 9.91. The van der Waals surface area contributed by atoms with Crippen LogP contribution in [0.1, 0.15) is 56.4 Å². The average Bonchev–Trinajstić information content (AvgIpc) is 2.79. The number of hydrogen-bond donors (Lipinski definition) is 0. The fourth-order valence-electron chi connectivity index (χ4n) is 3.03. The largest absolute Gasteiger partial charge is 0.487 e. The van der Waals surface area contributed by atoms with Gasteiger partial charge in [-0.05, 0) is 65.2 Å². The summed E-state index contributed by atoms with van der Waals surface area (Å²) in [7, 11) is 0. The van der Waals surface area contributed by atoms with Gasteiger partial charge in [-0.1, -0.05) is 0 Å². The van der Waals surface area contributed by atoms with Crippen LogP contribution in [-0.4, -0.2) is 11.9 Å². The van der Waals surface area contributed by atoms with Gasteiger partial charge < -0.3 is 14.3 Å². The van der Waals surface area contributed by atoms with E-state index in [4.69, 9.17) is 9.47 Å². The van der Waals surface area contributed by atoms with Crippen molar-refractivity contribution in [2.24, 2.45) is 0 Å². The van der Waals surface area contributed by atoms with E-state index in [2.05, 4.69) is 27.7 Å². The van der Waals surface area contributed by atoms with E-state index >= 15 is 0 Å². The third-order valence-corrected chi connectivity index (χ3v) is 4.30. The molecule has 0 spiro atoms.